The summed E-state index contributed by atoms with van der Waals surface area (Å²) >= 11 is 0. The molecule has 0 aliphatic rings. The Morgan fingerprint density at radius 1 is 1.10 bits per heavy atom. The summed E-state index contributed by atoms with van der Waals surface area (Å²) in [7, 11) is 0. The van der Waals surface area contributed by atoms with Gasteiger partial charge in [0.25, 0.3) is 5.69 Å². The van der Waals surface area contributed by atoms with E-state index in [2.05, 4.69) is 20.8 Å². The molecule has 0 heterocycles. The molecule has 4 heteroatoms. The minimum Gasteiger partial charge on any atom is -0.489 e. The predicted molar refractivity (Wildman–Crippen MR) is 82.6 cm³/mol. The highest BCUT2D eigenvalue weighted by Gasteiger charge is 2.18. The van der Waals surface area contributed by atoms with Gasteiger partial charge in [-0.05, 0) is 22.6 Å². The first-order valence-electron chi connectivity index (χ1n) is 6.83. The summed E-state index contributed by atoms with van der Waals surface area (Å²) in [5, 5.41) is 10.8. The van der Waals surface area contributed by atoms with Crippen LogP contribution in [0.1, 0.15) is 31.9 Å². The van der Waals surface area contributed by atoms with E-state index in [4.69, 9.17) is 4.74 Å². The number of rotatable bonds is 4. The van der Waals surface area contributed by atoms with Crippen LogP contribution < -0.4 is 4.74 Å². The molecule has 0 aliphatic carbocycles. The highest BCUT2D eigenvalue weighted by atomic mass is 16.6. The second kappa shape index (κ2) is 5.95. The largest absolute Gasteiger partial charge is 0.489 e. The standard InChI is InChI=1S/C17H19NO3/c1-17(2,3)15-9-4-5-10-16(15)21-12-13-7-6-8-14(11-13)18(19)20/h4-11H,12H2,1-3H3. The van der Waals surface area contributed by atoms with Gasteiger partial charge in [-0.1, -0.05) is 51.1 Å². The SMILES string of the molecule is CC(C)(C)c1ccccc1OCc1cccc([N+](=O)[O-])c1. The molecular weight excluding hydrogens is 266 g/mol. The van der Waals surface area contributed by atoms with Gasteiger partial charge in [0.2, 0.25) is 0 Å². The number of nitrogens with zero attached hydrogens (tertiary/aromatic N) is 1. The number of hydrogen-bond donors (Lipinski definition) is 0. The smallest absolute Gasteiger partial charge is 0.269 e. The number of nitro benzene ring substituents is 1. The summed E-state index contributed by atoms with van der Waals surface area (Å²) in [6, 6.07) is 14.4. The van der Waals surface area contributed by atoms with E-state index >= 15 is 0 Å². The zero-order chi connectivity index (χ0) is 15.5. The molecule has 0 unspecified atom stereocenters. The topological polar surface area (TPSA) is 52.4 Å². The van der Waals surface area contributed by atoms with E-state index in [1.54, 1.807) is 12.1 Å². The summed E-state index contributed by atoms with van der Waals surface area (Å²) in [5.74, 6) is 0.816. The number of non-ortho nitro benzene ring substituents is 1. The van der Waals surface area contributed by atoms with Gasteiger partial charge in [0.05, 0.1) is 4.92 Å². The molecule has 0 N–H and O–H groups in total. The lowest BCUT2D eigenvalue weighted by Gasteiger charge is -2.22. The molecular formula is C17H19NO3. The highest BCUT2D eigenvalue weighted by Crippen LogP contribution is 2.31. The van der Waals surface area contributed by atoms with Crippen LogP contribution in [-0.2, 0) is 12.0 Å². The van der Waals surface area contributed by atoms with Gasteiger partial charge in [-0.25, -0.2) is 0 Å². The Labute approximate surface area is 124 Å². The summed E-state index contributed by atoms with van der Waals surface area (Å²) < 4.78 is 5.86. The fraction of sp³-hybridized carbons (Fsp3) is 0.294. The van der Waals surface area contributed by atoms with Crippen LogP contribution in [0.2, 0.25) is 0 Å². The second-order valence-corrected chi connectivity index (χ2v) is 5.96. The van der Waals surface area contributed by atoms with Crippen molar-refractivity contribution in [3.63, 3.8) is 0 Å². The zero-order valence-electron chi connectivity index (χ0n) is 12.5. The van der Waals surface area contributed by atoms with E-state index in [1.807, 2.05) is 30.3 Å². The summed E-state index contributed by atoms with van der Waals surface area (Å²) in [6.07, 6.45) is 0. The Morgan fingerprint density at radius 3 is 2.48 bits per heavy atom. The lowest BCUT2D eigenvalue weighted by Crippen LogP contribution is -2.13. The number of hydrogen-bond acceptors (Lipinski definition) is 3. The fourth-order valence-electron chi connectivity index (χ4n) is 2.13. The van der Waals surface area contributed by atoms with Gasteiger partial charge in [-0.2, -0.15) is 0 Å². The molecule has 2 rings (SSSR count). The van der Waals surface area contributed by atoms with Crippen molar-refractivity contribution in [2.24, 2.45) is 0 Å². The normalized spacial score (nSPS) is 11.2. The first kappa shape index (κ1) is 15.0. The molecule has 0 fully saturated rings. The molecule has 2 aromatic rings. The maximum Gasteiger partial charge on any atom is 0.269 e. The van der Waals surface area contributed by atoms with Crippen molar-refractivity contribution < 1.29 is 9.66 Å². The van der Waals surface area contributed by atoms with E-state index < -0.39 is 4.92 Å². The van der Waals surface area contributed by atoms with Gasteiger partial charge in [0, 0.05) is 12.1 Å². The predicted octanol–water partition coefficient (Wildman–Crippen LogP) is 4.47. The third-order valence-electron chi connectivity index (χ3n) is 3.21. The number of benzene rings is 2. The first-order valence-corrected chi connectivity index (χ1v) is 6.83. The van der Waals surface area contributed by atoms with Crippen molar-refractivity contribution in [2.45, 2.75) is 32.8 Å². The average molecular weight is 285 g/mol. The van der Waals surface area contributed by atoms with Gasteiger partial charge in [-0.15, -0.1) is 0 Å². The van der Waals surface area contributed by atoms with Crippen molar-refractivity contribution in [2.75, 3.05) is 0 Å². The molecule has 0 bridgehead atoms. The molecule has 0 spiro atoms. The summed E-state index contributed by atoms with van der Waals surface area (Å²) in [5.41, 5.74) is 1.97. The van der Waals surface area contributed by atoms with E-state index in [-0.39, 0.29) is 11.1 Å². The molecule has 0 atom stereocenters. The Bertz CT molecular complexity index is 644. The number of nitro groups is 1. The van der Waals surface area contributed by atoms with Gasteiger partial charge < -0.3 is 4.74 Å². The molecule has 0 amide bonds. The van der Waals surface area contributed by atoms with Crippen LogP contribution in [0, 0.1) is 10.1 Å². The van der Waals surface area contributed by atoms with Crippen molar-refractivity contribution in [1.82, 2.24) is 0 Å². The third kappa shape index (κ3) is 3.81. The third-order valence-corrected chi connectivity index (χ3v) is 3.21. The highest BCUT2D eigenvalue weighted by molar-refractivity contribution is 5.39. The van der Waals surface area contributed by atoms with E-state index in [9.17, 15) is 10.1 Å². The van der Waals surface area contributed by atoms with E-state index in [0.29, 0.717) is 6.61 Å². The van der Waals surface area contributed by atoms with Crippen LogP contribution in [0.3, 0.4) is 0 Å². The summed E-state index contributed by atoms with van der Waals surface area (Å²) in [6.45, 7) is 6.70. The Hall–Kier alpha value is -2.36. The van der Waals surface area contributed by atoms with Crippen LogP contribution in [-0.4, -0.2) is 4.92 Å². The molecule has 0 saturated carbocycles. The molecule has 0 radical (unpaired) electrons. The van der Waals surface area contributed by atoms with Crippen LogP contribution in [0.5, 0.6) is 5.75 Å². The molecule has 0 saturated heterocycles. The van der Waals surface area contributed by atoms with Gasteiger partial charge in [0.15, 0.2) is 0 Å². The average Bonchev–Trinajstić information content (AvgIpc) is 2.45. The quantitative estimate of drug-likeness (QED) is 0.615. The van der Waals surface area contributed by atoms with Crippen molar-refractivity contribution >= 4 is 5.69 Å². The molecule has 2 aromatic carbocycles. The van der Waals surface area contributed by atoms with Crippen LogP contribution in [0.15, 0.2) is 48.5 Å². The summed E-state index contributed by atoms with van der Waals surface area (Å²) in [4.78, 5) is 10.4. The molecule has 110 valence electrons. The van der Waals surface area contributed by atoms with Crippen LogP contribution >= 0.6 is 0 Å². The van der Waals surface area contributed by atoms with Crippen molar-refractivity contribution in [1.29, 1.82) is 0 Å². The molecule has 4 nitrogen and oxygen atoms in total. The Balaban J connectivity index is 2.17. The molecule has 21 heavy (non-hydrogen) atoms. The van der Waals surface area contributed by atoms with Crippen molar-refractivity contribution in [3.05, 3.63) is 69.8 Å². The number of para-hydroxylation sites is 1. The first-order chi connectivity index (χ1) is 9.88. The van der Waals surface area contributed by atoms with Gasteiger partial charge >= 0.3 is 0 Å². The molecule has 0 aliphatic heterocycles. The van der Waals surface area contributed by atoms with Crippen LogP contribution in [0.25, 0.3) is 0 Å². The van der Waals surface area contributed by atoms with E-state index in [0.717, 1.165) is 16.9 Å². The Kier molecular flexibility index (Phi) is 4.26. The van der Waals surface area contributed by atoms with Crippen molar-refractivity contribution in [3.8, 4) is 5.75 Å². The second-order valence-electron chi connectivity index (χ2n) is 5.96. The lowest BCUT2D eigenvalue weighted by atomic mass is 9.86. The molecule has 0 aromatic heterocycles. The lowest BCUT2D eigenvalue weighted by molar-refractivity contribution is -0.384. The van der Waals surface area contributed by atoms with Gasteiger partial charge in [0.1, 0.15) is 12.4 Å². The zero-order valence-corrected chi connectivity index (χ0v) is 12.5. The maximum absolute atomic E-state index is 10.8. The number of ether oxygens (including phenoxy) is 1. The van der Waals surface area contributed by atoms with Gasteiger partial charge in [-0.3, -0.25) is 10.1 Å². The minimum atomic E-state index is -0.396. The van der Waals surface area contributed by atoms with Crippen LogP contribution in [0.4, 0.5) is 5.69 Å². The fourth-order valence-corrected chi connectivity index (χ4v) is 2.13. The monoisotopic (exact) mass is 285 g/mol. The minimum absolute atomic E-state index is 0.0146. The van der Waals surface area contributed by atoms with E-state index in [1.165, 1.54) is 6.07 Å². The maximum atomic E-state index is 10.8. The Morgan fingerprint density at radius 2 is 1.81 bits per heavy atom.